The van der Waals surface area contributed by atoms with E-state index >= 15 is 4.39 Å². The standard InChI is InChI=1S/C27H22F3N5O2/c1-14-22-23(14)25-33-19-11-18(28)17(15-12-31-27(32-13-15)34-6-8-36-9-7-34)10-20(19)35(25)24(22)16-4-2-3-5-21(16)37-26(29)30/h2-5,10-13,22-24,26H,1,6-9H2/t22-,23+,24-/m0/s1. The molecule has 1 saturated carbocycles. The van der Waals surface area contributed by atoms with Crippen molar-refractivity contribution in [3.05, 3.63) is 78.1 Å². The van der Waals surface area contributed by atoms with Crippen molar-refractivity contribution in [2.75, 3.05) is 31.2 Å². The van der Waals surface area contributed by atoms with E-state index in [2.05, 4.69) is 16.5 Å². The molecular weight excluding hydrogens is 483 g/mol. The molecular formula is C27H22F3N5O2. The molecule has 0 spiro atoms. The third-order valence-electron chi connectivity index (χ3n) is 7.48. The lowest BCUT2D eigenvalue weighted by Gasteiger charge is -2.26. The Morgan fingerprint density at radius 3 is 2.59 bits per heavy atom. The quantitative estimate of drug-likeness (QED) is 0.358. The van der Waals surface area contributed by atoms with Gasteiger partial charge in [-0.3, -0.25) is 0 Å². The highest BCUT2D eigenvalue weighted by Crippen LogP contribution is 2.66. The highest BCUT2D eigenvalue weighted by atomic mass is 19.3. The van der Waals surface area contributed by atoms with Gasteiger partial charge in [-0.25, -0.2) is 19.3 Å². The second-order valence-corrected chi connectivity index (χ2v) is 9.47. The Balaban J connectivity index is 1.32. The Morgan fingerprint density at radius 1 is 1.08 bits per heavy atom. The first-order chi connectivity index (χ1) is 18.0. The van der Waals surface area contributed by atoms with Crippen molar-refractivity contribution in [2.45, 2.75) is 18.6 Å². The van der Waals surface area contributed by atoms with Crippen LogP contribution in [0.1, 0.15) is 23.3 Å². The molecule has 0 radical (unpaired) electrons. The van der Waals surface area contributed by atoms with Crippen molar-refractivity contribution in [3.8, 4) is 16.9 Å². The first-order valence-corrected chi connectivity index (χ1v) is 12.1. The second-order valence-electron chi connectivity index (χ2n) is 9.47. The van der Waals surface area contributed by atoms with Crippen LogP contribution in [0.15, 0.2) is 60.9 Å². The Bertz CT molecular complexity index is 1530. The van der Waals surface area contributed by atoms with E-state index in [0.717, 1.165) is 11.4 Å². The SMILES string of the molecule is C=C1[C@H]2[C@@H]1c1nc3cc(F)c(-c4cnc(N5CCOCC5)nc4)cc3n1[C@H]2c1ccccc1OC(F)F. The number of benzene rings is 2. The Hall–Kier alpha value is -3.92. The molecule has 7 nitrogen and oxygen atoms in total. The third kappa shape index (κ3) is 3.50. The van der Waals surface area contributed by atoms with E-state index in [9.17, 15) is 8.78 Å². The van der Waals surface area contributed by atoms with Crippen molar-refractivity contribution in [1.82, 2.24) is 19.5 Å². The normalized spacial score (nSPS) is 22.4. The van der Waals surface area contributed by atoms with Crippen molar-refractivity contribution in [1.29, 1.82) is 0 Å². The minimum Gasteiger partial charge on any atom is -0.434 e. The number of imidazole rings is 1. The van der Waals surface area contributed by atoms with Crippen LogP contribution in [-0.4, -0.2) is 52.4 Å². The van der Waals surface area contributed by atoms with Crippen molar-refractivity contribution in [3.63, 3.8) is 0 Å². The van der Waals surface area contributed by atoms with Crippen LogP contribution in [0.2, 0.25) is 0 Å². The fraction of sp³-hybridized carbons (Fsp3) is 0.296. The highest BCUT2D eigenvalue weighted by molar-refractivity contribution is 5.84. The molecule has 2 aliphatic heterocycles. The lowest BCUT2D eigenvalue weighted by molar-refractivity contribution is -0.0507. The number of hydrogen-bond acceptors (Lipinski definition) is 6. The lowest BCUT2D eigenvalue weighted by Crippen LogP contribution is -2.37. The molecule has 10 heteroatoms. The number of anilines is 1. The number of para-hydroxylation sites is 1. The number of nitrogens with zero attached hydrogens (tertiary/aromatic N) is 5. The topological polar surface area (TPSA) is 65.3 Å². The highest BCUT2D eigenvalue weighted by Gasteiger charge is 2.58. The summed E-state index contributed by atoms with van der Waals surface area (Å²) in [4.78, 5) is 15.7. The smallest absolute Gasteiger partial charge is 0.387 e. The van der Waals surface area contributed by atoms with Gasteiger partial charge in [-0.05, 0) is 12.1 Å². The summed E-state index contributed by atoms with van der Waals surface area (Å²) in [7, 11) is 0. The summed E-state index contributed by atoms with van der Waals surface area (Å²) in [5.41, 5.74) is 3.71. The molecule has 4 aromatic rings. The maximum absolute atomic E-state index is 15.3. The van der Waals surface area contributed by atoms with Crippen molar-refractivity contribution in [2.24, 2.45) is 5.92 Å². The molecule has 7 rings (SSSR count). The minimum absolute atomic E-state index is 0.000318. The first-order valence-electron chi connectivity index (χ1n) is 12.1. The fourth-order valence-corrected chi connectivity index (χ4v) is 5.72. The number of hydrogen-bond donors (Lipinski definition) is 0. The number of rotatable bonds is 5. The molecule has 37 heavy (non-hydrogen) atoms. The molecule has 188 valence electrons. The van der Waals surface area contributed by atoms with Crippen LogP contribution in [0.4, 0.5) is 19.1 Å². The predicted molar refractivity (Wildman–Crippen MR) is 130 cm³/mol. The Kier molecular flexibility index (Phi) is 5.00. The number of fused-ring (bicyclic) bond motifs is 5. The van der Waals surface area contributed by atoms with Crippen LogP contribution in [0.5, 0.6) is 5.75 Å². The summed E-state index contributed by atoms with van der Waals surface area (Å²) in [5, 5.41) is 0. The zero-order chi connectivity index (χ0) is 25.3. The monoisotopic (exact) mass is 505 g/mol. The first kappa shape index (κ1) is 22.3. The van der Waals surface area contributed by atoms with Crippen molar-refractivity contribution < 1.29 is 22.6 Å². The fourth-order valence-electron chi connectivity index (χ4n) is 5.72. The van der Waals surface area contributed by atoms with Gasteiger partial charge in [0.25, 0.3) is 0 Å². The van der Waals surface area contributed by atoms with E-state index in [0.29, 0.717) is 60.0 Å². The van der Waals surface area contributed by atoms with Crippen LogP contribution < -0.4 is 9.64 Å². The molecule has 0 unspecified atom stereocenters. The predicted octanol–water partition coefficient (Wildman–Crippen LogP) is 4.94. The molecule has 3 aliphatic rings. The summed E-state index contributed by atoms with van der Waals surface area (Å²) >= 11 is 0. The van der Waals surface area contributed by atoms with Gasteiger partial charge in [0.05, 0.1) is 30.3 Å². The van der Waals surface area contributed by atoms with Gasteiger partial charge in [0.2, 0.25) is 5.95 Å². The number of alkyl halides is 2. The molecule has 0 amide bonds. The molecule has 3 atom stereocenters. The van der Waals surface area contributed by atoms with Crippen LogP contribution in [-0.2, 0) is 4.74 Å². The molecule has 2 fully saturated rings. The van der Waals surface area contributed by atoms with Crippen LogP contribution >= 0.6 is 0 Å². The largest absolute Gasteiger partial charge is 0.434 e. The summed E-state index contributed by atoms with van der Waals surface area (Å²) in [6.45, 7) is 3.86. The van der Waals surface area contributed by atoms with E-state index in [-0.39, 0.29) is 23.6 Å². The molecule has 0 bridgehead atoms. The summed E-state index contributed by atoms with van der Waals surface area (Å²) < 4.78 is 53.9. The number of morpholine rings is 1. The van der Waals surface area contributed by atoms with Crippen LogP contribution in [0.3, 0.4) is 0 Å². The van der Waals surface area contributed by atoms with Gasteiger partial charge in [-0.2, -0.15) is 8.78 Å². The van der Waals surface area contributed by atoms with Crippen LogP contribution in [0.25, 0.3) is 22.2 Å². The van der Waals surface area contributed by atoms with E-state index in [4.69, 9.17) is 14.5 Å². The number of ether oxygens (including phenoxy) is 2. The van der Waals surface area contributed by atoms with Gasteiger partial charge in [0.1, 0.15) is 17.4 Å². The van der Waals surface area contributed by atoms with E-state index in [1.165, 1.54) is 12.1 Å². The number of aromatic nitrogens is 4. The van der Waals surface area contributed by atoms with Crippen LogP contribution in [0, 0.1) is 11.7 Å². The van der Waals surface area contributed by atoms with Gasteiger partial charge in [-0.1, -0.05) is 30.4 Å². The van der Waals surface area contributed by atoms with Gasteiger partial charge >= 0.3 is 6.61 Å². The second kappa shape index (κ2) is 8.31. The molecule has 2 aromatic carbocycles. The summed E-state index contributed by atoms with van der Waals surface area (Å²) in [6.07, 6.45) is 3.23. The molecule has 1 saturated heterocycles. The average Bonchev–Trinajstić information content (AvgIpc) is 3.24. The minimum atomic E-state index is -2.94. The zero-order valence-corrected chi connectivity index (χ0v) is 19.7. The van der Waals surface area contributed by atoms with E-state index in [1.807, 2.05) is 9.47 Å². The maximum Gasteiger partial charge on any atom is 0.387 e. The summed E-state index contributed by atoms with van der Waals surface area (Å²) in [5.74, 6) is 1.05. The Morgan fingerprint density at radius 2 is 1.84 bits per heavy atom. The average molecular weight is 506 g/mol. The summed E-state index contributed by atoms with van der Waals surface area (Å²) in [6, 6.07) is 9.60. The molecule has 2 aromatic heterocycles. The van der Waals surface area contributed by atoms with E-state index in [1.54, 1.807) is 36.7 Å². The molecule has 4 heterocycles. The molecule has 0 N–H and O–H groups in total. The number of halogens is 3. The van der Waals surface area contributed by atoms with Crippen molar-refractivity contribution >= 4 is 17.0 Å². The van der Waals surface area contributed by atoms with Gasteiger partial charge in [0, 0.05) is 60.1 Å². The van der Waals surface area contributed by atoms with Gasteiger partial charge < -0.3 is 18.9 Å². The van der Waals surface area contributed by atoms with E-state index < -0.39 is 12.4 Å². The van der Waals surface area contributed by atoms with Gasteiger partial charge in [0.15, 0.2) is 0 Å². The van der Waals surface area contributed by atoms with Gasteiger partial charge in [-0.15, -0.1) is 0 Å². The third-order valence-corrected chi connectivity index (χ3v) is 7.48. The number of allylic oxidation sites excluding steroid dienone is 1. The maximum atomic E-state index is 15.3. The lowest BCUT2D eigenvalue weighted by atomic mass is 10.0. The Labute approximate surface area is 210 Å². The molecule has 1 aliphatic carbocycles. The zero-order valence-electron chi connectivity index (χ0n) is 19.7.